The van der Waals surface area contributed by atoms with Gasteiger partial charge in [-0.1, -0.05) is 60.2 Å². The number of terminal acetylenes is 1. The lowest BCUT2D eigenvalue weighted by Gasteiger charge is -2.01. The first kappa shape index (κ1) is 14.9. The van der Waals surface area contributed by atoms with Crippen molar-refractivity contribution in [1.29, 1.82) is 0 Å². The van der Waals surface area contributed by atoms with Gasteiger partial charge in [-0.25, -0.2) is 0 Å². The van der Waals surface area contributed by atoms with E-state index in [9.17, 15) is 0 Å². The van der Waals surface area contributed by atoms with Crippen LogP contribution in [0.5, 0.6) is 0 Å². The number of benzene rings is 2. The average Bonchev–Trinajstić information content (AvgIpc) is 2.55. The quantitative estimate of drug-likeness (QED) is 0.647. The SMILES string of the molecule is C#CCNCCCC#Cc1cccc(-c2ccccc2)c1. The van der Waals surface area contributed by atoms with Gasteiger partial charge in [0.25, 0.3) is 0 Å². The number of hydrogen-bond donors (Lipinski definition) is 1. The fourth-order valence-corrected chi connectivity index (χ4v) is 2.03. The summed E-state index contributed by atoms with van der Waals surface area (Å²) in [6.07, 6.45) is 7.07. The van der Waals surface area contributed by atoms with Gasteiger partial charge in [0.05, 0.1) is 6.54 Å². The predicted molar refractivity (Wildman–Crippen MR) is 89.7 cm³/mol. The lowest BCUT2D eigenvalue weighted by Crippen LogP contribution is -2.14. The molecule has 0 saturated heterocycles. The Bertz CT molecular complexity index is 653. The van der Waals surface area contributed by atoms with Gasteiger partial charge in [-0.2, -0.15) is 0 Å². The molecule has 104 valence electrons. The van der Waals surface area contributed by atoms with Gasteiger partial charge in [0, 0.05) is 12.0 Å². The van der Waals surface area contributed by atoms with E-state index in [1.165, 1.54) is 11.1 Å². The van der Waals surface area contributed by atoms with Crippen molar-refractivity contribution in [3.63, 3.8) is 0 Å². The van der Waals surface area contributed by atoms with Crippen LogP contribution in [0.3, 0.4) is 0 Å². The third-order valence-corrected chi connectivity index (χ3v) is 3.08. The second-order valence-corrected chi connectivity index (χ2v) is 4.73. The first-order valence-corrected chi connectivity index (χ1v) is 7.18. The Morgan fingerprint density at radius 2 is 1.76 bits per heavy atom. The summed E-state index contributed by atoms with van der Waals surface area (Å²) in [6.45, 7) is 1.55. The van der Waals surface area contributed by atoms with Crippen molar-refractivity contribution in [2.45, 2.75) is 12.8 Å². The van der Waals surface area contributed by atoms with Crippen LogP contribution in [0.25, 0.3) is 11.1 Å². The molecule has 0 spiro atoms. The summed E-state index contributed by atoms with van der Waals surface area (Å²) >= 11 is 0. The first-order chi connectivity index (χ1) is 10.4. The molecule has 0 unspecified atom stereocenters. The van der Waals surface area contributed by atoms with Gasteiger partial charge >= 0.3 is 0 Å². The fourth-order valence-electron chi connectivity index (χ4n) is 2.03. The molecule has 1 heteroatoms. The van der Waals surface area contributed by atoms with E-state index in [0.29, 0.717) is 6.54 Å². The van der Waals surface area contributed by atoms with Gasteiger partial charge in [0.15, 0.2) is 0 Å². The van der Waals surface area contributed by atoms with Crippen LogP contribution in [0.2, 0.25) is 0 Å². The van der Waals surface area contributed by atoms with Crippen molar-refractivity contribution >= 4 is 0 Å². The number of rotatable bonds is 5. The molecule has 0 radical (unpaired) electrons. The van der Waals surface area contributed by atoms with E-state index in [1.807, 2.05) is 6.07 Å². The molecule has 0 aliphatic carbocycles. The average molecular weight is 273 g/mol. The molecule has 0 aromatic heterocycles. The normalized spacial score (nSPS) is 9.48. The van der Waals surface area contributed by atoms with Crippen molar-refractivity contribution in [2.75, 3.05) is 13.1 Å². The third-order valence-electron chi connectivity index (χ3n) is 3.08. The minimum absolute atomic E-state index is 0.631. The van der Waals surface area contributed by atoms with Crippen LogP contribution < -0.4 is 5.32 Å². The molecule has 0 bridgehead atoms. The standard InChI is InChI=1S/C20H19N/c1-2-15-21-16-8-4-5-10-18-11-9-14-20(17-18)19-12-6-3-7-13-19/h1,3,6-7,9,11-14,17,21H,4,8,15-16H2. The van der Waals surface area contributed by atoms with Crippen molar-refractivity contribution in [3.05, 3.63) is 60.2 Å². The third kappa shape index (κ3) is 5.19. The van der Waals surface area contributed by atoms with Gasteiger partial charge in [0.2, 0.25) is 0 Å². The smallest absolute Gasteiger partial charge is 0.0573 e. The maximum absolute atomic E-state index is 5.17. The van der Waals surface area contributed by atoms with Crippen molar-refractivity contribution in [1.82, 2.24) is 5.32 Å². The van der Waals surface area contributed by atoms with Crippen LogP contribution in [-0.2, 0) is 0 Å². The van der Waals surface area contributed by atoms with Crippen LogP contribution in [0.15, 0.2) is 54.6 Å². The van der Waals surface area contributed by atoms with Gasteiger partial charge in [-0.15, -0.1) is 6.42 Å². The molecule has 0 amide bonds. The van der Waals surface area contributed by atoms with E-state index < -0.39 is 0 Å². The Morgan fingerprint density at radius 1 is 0.952 bits per heavy atom. The molecule has 0 atom stereocenters. The molecule has 0 fully saturated rings. The highest BCUT2D eigenvalue weighted by atomic mass is 14.8. The lowest BCUT2D eigenvalue weighted by atomic mass is 10.0. The summed E-state index contributed by atoms with van der Waals surface area (Å²) in [4.78, 5) is 0. The molecule has 0 saturated carbocycles. The van der Waals surface area contributed by atoms with Gasteiger partial charge in [-0.05, 0) is 36.2 Å². The van der Waals surface area contributed by atoms with Crippen molar-refractivity contribution in [3.8, 4) is 35.3 Å². The molecule has 0 aliphatic heterocycles. The monoisotopic (exact) mass is 273 g/mol. The summed E-state index contributed by atoms with van der Waals surface area (Å²) < 4.78 is 0. The second-order valence-electron chi connectivity index (χ2n) is 4.73. The lowest BCUT2D eigenvalue weighted by molar-refractivity contribution is 0.713. The molecular weight excluding hydrogens is 254 g/mol. The number of hydrogen-bond acceptors (Lipinski definition) is 1. The Morgan fingerprint density at radius 3 is 2.57 bits per heavy atom. The molecule has 21 heavy (non-hydrogen) atoms. The molecular formula is C20H19N. The van der Waals surface area contributed by atoms with Crippen molar-refractivity contribution < 1.29 is 0 Å². The van der Waals surface area contributed by atoms with Crippen LogP contribution in [0.4, 0.5) is 0 Å². The van der Waals surface area contributed by atoms with Crippen LogP contribution in [0, 0.1) is 24.2 Å². The second kappa shape index (κ2) is 8.64. The van der Waals surface area contributed by atoms with Crippen LogP contribution in [0.1, 0.15) is 18.4 Å². The van der Waals surface area contributed by atoms with E-state index in [2.05, 4.69) is 71.6 Å². The van der Waals surface area contributed by atoms with Crippen LogP contribution in [-0.4, -0.2) is 13.1 Å². The van der Waals surface area contributed by atoms with E-state index >= 15 is 0 Å². The Labute approximate surface area is 127 Å². The molecule has 2 aromatic carbocycles. The maximum atomic E-state index is 5.17. The zero-order valence-electron chi connectivity index (χ0n) is 12.1. The summed E-state index contributed by atoms with van der Waals surface area (Å²) in [5.41, 5.74) is 3.49. The minimum atomic E-state index is 0.631. The molecule has 1 N–H and O–H groups in total. The highest BCUT2D eigenvalue weighted by molar-refractivity contribution is 5.65. The summed E-state index contributed by atoms with van der Waals surface area (Å²) in [5, 5.41) is 3.16. The van der Waals surface area contributed by atoms with Crippen molar-refractivity contribution in [2.24, 2.45) is 0 Å². The zero-order chi connectivity index (χ0) is 14.8. The molecule has 1 nitrogen and oxygen atoms in total. The van der Waals surface area contributed by atoms with E-state index in [1.54, 1.807) is 0 Å². The highest BCUT2D eigenvalue weighted by Crippen LogP contribution is 2.19. The van der Waals surface area contributed by atoms with E-state index in [4.69, 9.17) is 6.42 Å². The molecule has 0 aliphatic rings. The fraction of sp³-hybridized carbons (Fsp3) is 0.200. The predicted octanol–water partition coefficient (Wildman–Crippen LogP) is 3.71. The van der Waals surface area contributed by atoms with Gasteiger partial charge in [-0.3, -0.25) is 0 Å². The molecule has 2 rings (SSSR count). The summed E-state index contributed by atoms with van der Waals surface area (Å²) in [6, 6.07) is 18.7. The summed E-state index contributed by atoms with van der Waals surface area (Å²) in [7, 11) is 0. The number of nitrogens with one attached hydrogen (secondary N) is 1. The topological polar surface area (TPSA) is 12.0 Å². The van der Waals surface area contributed by atoms with Gasteiger partial charge < -0.3 is 5.32 Å². The first-order valence-electron chi connectivity index (χ1n) is 7.18. The zero-order valence-corrected chi connectivity index (χ0v) is 12.1. The summed E-state index contributed by atoms with van der Waals surface area (Å²) in [5.74, 6) is 9.00. The highest BCUT2D eigenvalue weighted by Gasteiger charge is 1.96. The van der Waals surface area contributed by atoms with Crippen LogP contribution >= 0.6 is 0 Å². The Balaban J connectivity index is 1.92. The largest absolute Gasteiger partial charge is 0.306 e. The Hall–Kier alpha value is -2.48. The Kier molecular flexibility index (Phi) is 6.14. The number of unbranched alkanes of at least 4 members (excludes halogenated alkanes) is 1. The molecule has 2 aromatic rings. The van der Waals surface area contributed by atoms with Gasteiger partial charge in [0.1, 0.15) is 0 Å². The van der Waals surface area contributed by atoms with E-state index in [-0.39, 0.29) is 0 Å². The van der Waals surface area contributed by atoms with E-state index in [0.717, 1.165) is 24.9 Å². The minimum Gasteiger partial charge on any atom is -0.306 e. The molecule has 0 heterocycles. The maximum Gasteiger partial charge on any atom is 0.0573 e.